The number of tetrazole rings is 1. The van der Waals surface area contributed by atoms with Gasteiger partial charge in [-0.1, -0.05) is 30.3 Å². The molecule has 148 valence electrons. The third kappa shape index (κ3) is 3.77. The molecule has 4 aromatic rings. The fraction of sp³-hybridized carbons (Fsp3) is 0.130. The number of ether oxygens (including phenoxy) is 1. The van der Waals surface area contributed by atoms with Crippen LogP contribution < -0.4 is 10.1 Å². The van der Waals surface area contributed by atoms with Gasteiger partial charge in [0.25, 0.3) is 5.91 Å². The molecular weight excluding hydrogens is 378 g/mol. The van der Waals surface area contributed by atoms with Crippen LogP contribution in [0, 0.1) is 0 Å². The van der Waals surface area contributed by atoms with E-state index in [4.69, 9.17) is 4.74 Å². The third-order valence-corrected chi connectivity index (χ3v) is 4.89. The van der Waals surface area contributed by atoms with E-state index in [1.807, 2.05) is 71.4 Å². The first-order valence-corrected chi connectivity index (χ1v) is 9.79. The zero-order valence-corrected chi connectivity index (χ0v) is 16.1. The van der Waals surface area contributed by atoms with Crippen LogP contribution in [-0.2, 0) is 0 Å². The van der Waals surface area contributed by atoms with Crippen LogP contribution >= 0.6 is 0 Å². The van der Waals surface area contributed by atoms with Crippen molar-refractivity contribution < 1.29 is 9.53 Å². The zero-order valence-electron chi connectivity index (χ0n) is 16.1. The minimum atomic E-state index is -0.239. The summed E-state index contributed by atoms with van der Waals surface area (Å²) in [6.45, 7) is 0. The SMILES string of the molecule is O=C(Nc1ccc(-c2nnnn2C2CC2)cc1)c1ccccc1Oc1ccccc1. The average Bonchev–Trinajstić information content (AvgIpc) is 3.52. The Morgan fingerprint density at radius 2 is 1.67 bits per heavy atom. The van der Waals surface area contributed by atoms with E-state index in [-0.39, 0.29) is 5.91 Å². The van der Waals surface area contributed by atoms with E-state index in [0.29, 0.717) is 28.8 Å². The molecule has 1 aliphatic carbocycles. The zero-order chi connectivity index (χ0) is 20.3. The average molecular weight is 397 g/mol. The number of hydrogen-bond acceptors (Lipinski definition) is 5. The minimum Gasteiger partial charge on any atom is -0.457 e. The number of hydrogen-bond donors (Lipinski definition) is 1. The van der Waals surface area contributed by atoms with Gasteiger partial charge in [-0.15, -0.1) is 5.10 Å². The summed E-state index contributed by atoms with van der Waals surface area (Å²) in [6.07, 6.45) is 2.22. The standard InChI is InChI=1S/C23H19N5O2/c29-23(20-8-4-5-9-21(20)30-19-6-2-1-3-7-19)24-17-12-10-16(11-13-17)22-25-26-27-28(22)18-14-15-18/h1-13,18H,14-15H2,(H,24,29). The molecule has 7 heteroatoms. The minimum absolute atomic E-state index is 0.239. The third-order valence-electron chi connectivity index (χ3n) is 4.89. The number of carbonyl (C=O) groups is 1. The van der Waals surface area contributed by atoms with Gasteiger partial charge in [0.05, 0.1) is 11.6 Å². The number of aromatic nitrogens is 4. The maximum absolute atomic E-state index is 12.9. The fourth-order valence-corrected chi connectivity index (χ4v) is 3.21. The molecule has 1 amide bonds. The largest absolute Gasteiger partial charge is 0.457 e. The van der Waals surface area contributed by atoms with Crippen molar-refractivity contribution in [2.75, 3.05) is 5.32 Å². The van der Waals surface area contributed by atoms with Crippen molar-refractivity contribution in [2.24, 2.45) is 0 Å². The number of amides is 1. The van der Waals surface area contributed by atoms with E-state index in [0.717, 1.165) is 24.2 Å². The summed E-state index contributed by atoms with van der Waals surface area (Å²) in [6, 6.07) is 24.5. The van der Waals surface area contributed by atoms with E-state index < -0.39 is 0 Å². The van der Waals surface area contributed by atoms with Crippen LogP contribution in [0.1, 0.15) is 29.2 Å². The molecule has 0 atom stereocenters. The second kappa shape index (κ2) is 7.79. The second-order valence-corrected chi connectivity index (χ2v) is 7.12. The smallest absolute Gasteiger partial charge is 0.259 e. The van der Waals surface area contributed by atoms with Crippen molar-refractivity contribution in [1.29, 1.82) is 0 Å². The Bertz CT molecular complexity index is 1170. The first-order valence-electron chi connectivity index (χ1n) is 9.79. The number of carbonyl (C=O) groups excluding carboxylic acids is 1. The summed E-state index contributed by atoms with van der Waals surface area (Å²) in [5.41, 5.74) is 2.06. The lowest BCUT2D eigenvalue weighted by Crippen LogP contribution is -2.13. The first kappa shape index (κ1) is 18.1. The second-order valence-electron chi connectivity index (χ2n) is 7.12. The highest BCUT2D eigenvalue weighted by atomic mass is 16.5. The normalized spacial score (nSPS) is 13.1. The quantitative estimate of drug-likeness (QED) is 0.509. The van der Waals surface area contributed by atoms with Crippen molar-refractivity contribution in [1.82, 2.24) is 20.2 Å². The van der Waals surface area contributed by atoms with E-state index in [1.54, 1.807) is 12.1 Å². The van der Waals surface area contributed by atoms with Gasteiger partial charge in [-0.25, -0.2) is 4.68 Å². The van der Waals surface area contributed by atoms with E-state index in [9.17, 15) is 4.79 Å². The Kier molecular flexibility index (Phi) is 4.69. The van der Waals surface area contributed by atoms with Crippen LogP contribution in [0.15, 0.2) is 78.9 Å². The number of para-hydroxylation sites is 2. The van der Waals surface area contributed by atoms with Crippen LogP contribution in [0.5, 0.6) is 11.5 Å². The summed E-state index contributed by atoms with van der Waals surface area (Å²) in [5, 5.41) is 14.9. The summed E-state index contributed by atoms with van der Waals surface area (Å²) < 4.78 is 7.76. The van der Waals surface area contributed by atoms with Gasteiger partial charge in [0.15, 0.2) is 5.82 Å². The molecule has 0 saturated heterocycles. The number of nitrogens with one attached hydrogen (secondary N) is 1. The van der Waals surface area contributed by atoms with E-state index >= 15 is 0 Å². The van der Waals surface area contributed by atoms with Gasteiger partial charge < -0.3 is 10.1 Å². The molecule has 1 aliphatic rings. The summed E-state index contributed by atoms with van der Waals surface area (Å²) in [4.78, 5) is 12.9. The molecule has 5 rings (SSSR count). The topological polar surface area (TPSA) is 81.9 Å². The van der Waals surface area contributed by atoms with Gasteiger partial charge >= 0.3 is 0 Å². The molecule has 0 bridgehead atoms. The van der Waals surface area contributed by atoms with Crippen molar-refractivity contribution in [3.8, 4) is 22.9 Å². The van der Waals surface area contributed by atoms with Crippen molar-refractivity contribution in [3.63, 3.8) is 0 Å². The maximum Gasteiger partial charge on any atom is 0.259 e. The molecule has 30 heavy (non-hydrogen) atoms. The highest BCUT2D eigenvalue weighted by molar-refractivity contribution is 6.06. The Balaban J connectivity index is 1.33. The molecule has 1 heterocycles. The molecule has 0 aliphatic heterocycles. The van der Waals surface area contributed by atoms with Gasteiger partial charge in [0, 0.05) is 11.3 Å². The Morgan fingerprint density at radius 1 is 0.933 bits per heavy atom. The van der Waals surface area contributed by atoms with Gasteiger partial charge in [0.1, 0.15) is 11.5 Å². The van der Waals surface area contributed by atoms with Crippen LogP contribution in [0.3, 0.4) is 0 Å². The highest BCUT2D eigenvalue weighted by Crippen LogP contribution is 2.36. The van der Waals surface area contributed by atoms with Gasteiger partial charge in [-0.3, -0.25) is 4.79 Å². The first-order chi connectivity index (χ1) is 14.8. The van der Waals surface area contributed by atoms with Crippen LogP contribution in [-0.4, -0.2) is 26.1 Å². The monoisotopic (exact) mass is 397 g/mol. The number of benzene rings is 3. The van der Waals surface area contributed by atoms with E-state index in [1.165, 1.54) is 0 Å². The molecule has 0 unspecified atom stereocenters. The molecule has 1 fully saturated rings. The van der Waals surface area contributed by atoms with Crippen LogP contribution in [0.2, 0.25) is 0 Å². The maximum atomic E-state index is 12.9. The Morgan fingerprint density at radius 3 is 2.43 bits per heavy atom. The Hall–Kier alpha value is -4.00. The molecule has 1 aromatic heterocycles. The van der Waals surface area contributed by atoms with Crippen molar-refractivity contribution in [2.45, 2.75) is 18.9 Å². The molecule has 0 spiro atoms. The molecule has 0 radical (unpaired) electrons. The van der Waals surface area contributed by atoms with E-state index in [2.05, 4.69) is 20.8 Å². The van der Waals surface area contributed by atoms with Crippen LogP contribution in [0.4, 0.5) is 5.69 Å². The molecule has 3 aromatic carbocycles. The van der Waals surface area contributed by atoms with Gasteiger partial charge in [0.2, 0.25) is 0 Å². The number of rotatable bonds is 6. The lowest BCUT2D eigenvalue weighted by molar-refractivity contribution is 0.102. The number of nitrogens with zero attached hydrogens (tertiary/aromatic N) is 4. The lowest BCUT2D eigenvalue weighted by atomic mass is 10.1. The molecule has 1 saturated carbocycles. The lowest BCUT2D eigenvalue weighted by Gasteiger charge is -2.12. The predicted octanol–water partition coefficient (Wildman–Crippen LogP) is 4.72. The molecular formula is C23H19N5O2. The highest BCUT2D eigenvalue weighted by Gasteiger charge is 2.28. The predicted molar refractivity (Wildman–Crippen MR) is 112 cm³/mol. The van der Waals surface area contributed by atoms with Crippen molar-refractivity contribution >= 4 is 11.6 Å². The van der Waals surface area contributed by atoms with Gasteiger partial charge in [-0.2, -0.15) is 0 Å². The van der Waals surface area contributed by atoms with Crippen molar-refractivity contribution in [3.05, 3.63) is 84.4 Å². The Labute approximate surface area is 173 Å². The summed E-state index contributed by atoms with van der Waals surface area (Å²) in [7, 11) is 0. The summed E-state index contributed by atoms with van der Waals surface area (Å²) in [5.74, 6) is 1.69. The molecule has 1 N–H and O–H groups in total. The summed E-state index contributed by atoms with van der Waals surface area (Å²) >= 11 is 0. The fourth-order valence-electron chi connectivity index (χ4n) is 3.21. The molecule has 7 nitrogen and oxygen atoms in total. The van der Waals surface area contributed by atoms with Gasteiger partial charge in [-0.05, 0) is 71.8 Å². The number of anilines is 1. The van der Waals surface area contributed by atoms with Crippen LogP contribution in [0.25, 0.3) is 11.4 Å².